The Morgan fingerprint density at radius 2 is 1.75 bits per heavy atom. The molecule has 1 aromatic rings. The van der Waals surface area contributed by atoms with E-state index in [1.807, 2.05) is 4.72 Å². The van der Waals surface area contributed by atoms with E-state index in [1.165, 1.54) is 6.92 Å². The van der Waals surface area contributed by atoms with Crippen LogP contribution in [0, 0.1) is 0 Å². The lowest BCUT2D eigenvalue weighted by Gasteiger charge is -2.09. The average molecular weight is 310 g/mol. The Bertz CT molecular complexity index is 568. The minimum atomic E-state index is -4.45. The van der Waals surface area contributed by atoms with Crippen molar-refractivity contribution in [3.8, 4) is 0 Å². The first-order valence-electron chi connectivity index (χ1n) is 5.58. The average Bonchev–Trinajstić information content (AvgIpc) is 2.36. The zero-order chi connectivity index (χ0) is 15.4. The van der Waals surface area contributed by atoms with E-state index < -0.39 is 34.2 Å². The molecule has 0 atom stereocenters. The third kappa shape index (κ3) is 5.17. The van der Waals surface area contributed by atoms with E-state index in [2.05, 4.69) is 5.32 Å². The van der Waals surface area contributed by atoms with Crippen molar-refractivity contribution in [2.24, 2.45) is 0 Å². The van der Waals surface area contributed by atoms with Crippen LogP contribution in [0.4, 0.5) is 18.9 Å². The van der Waals surface area contributed by atoms with Gasteiger partial charge in [-0.05, 0) is 31.2 Å². The first kappa shape index (κ1) is 16.4. The van der Waals surface area contributed by atoms with Gasteiger partial charge in [-0.2, -0.15) is 13.2 Å². The maximum Gasteiger partial charge on any atom is 0.416 e. The van der Waals surface area contributed by atoms with Gasteiger partial charge in [0.1, 0.15) is 0 Å². The van der Waals surface area contributed by atoms with Crippen molar-refractivity contribution in [3.63, 3.8) is 0 Å². The fourth-order valence-corrected chi connectivity index (χ4v) is 1.78. The summed E-state index contributed by atoms with van der Waals surface area (Å²) >= 11 is 0. The summed E-state index contributed by atoms with van der Waals surface area (Å²) in [4.78, 5) is 11.4. The molecule has 0 unspecified atom stereocenters. The number of anilines is 1. The minimum absolute atomic E-state index is 0.152. The first-order chi connectivity index (χ1) is 9.14. The van der Waals surface area contributed by atoms with Crippen LogP contribution in [0.25, 0.3) is 0 Å². The number of alkyl halides is 3. The maximum absolute atomic E-state index is 12.3. The van der Waals surface area contributed by atoms with Crippen LogP contribution >= 0.6 is 0 Å². The van der Waals surface area contributed by atoms with Gasteiger partial charge in [-0.1, -0.05) is 0 Å². The number of nitrogens with one attached hydrogen (secondary N) is 2. The molecule has 0 aliphatic rings. The molecule has 0 heterocycles. The Hall–Kier alpha value is -1.61. The molecule has 1 aromatic carbocycles. The van der Waals surface area contributed by atoms with Crippen LogP contribution in [-0.2, 0) is 21.0 Å². The summed E-state index contributed by atoms with van der Waals surface area (Å²) in [6, 6.07) is 3.84. The van der Waals surface area contributed by atoms with Crippen LogP contribution in [0.15, 0.2) is 24.3 Å². The van der Waals surface area contributed by atoms with Crippen molar-refractivity contribution in [1.29, 1.82) is 0 Å². The molecular weight excluding hydrogens is 297 g/mol. The van der Waals surface area contributed by atoms with Crippen LogP contribution in [0.3, 0.4) is 0 Å². The number of hydrogen-bond acceptors (Lipinski definition) is 3. The third-order valence-corrected chi connectivity index (χ3v) is 3.67. The van der Waals surface area contributed by atoms with Crippen molar-refractivity contribution in [1.82, 2.24) is 4.72 Å². The summed E-state index contributed by atoms with van der Waals surface area (Å²) in [5.41, 5.74) is -0.680. The van der Waals surface area contributed by atoms with Crippen molar-refractivity contribution in [2.45, 2.75) is 13.1 Å². The predicted octanol–water partition coefficient (Wildman–Crippen LogP) is 1.58. The summed E-state index contributed by atoms with van der Waals surface area (Å²) in [5, 5.41) is 2.28. The van der Waals surface area contributed by atoms with Gasteiger partial charge in [-0.25, -0.2) is 13.1 Å². The van der Waals surface area contributed by atoms with Gasteiger partial charge in [0.25, 0.3) is 0 Å². The highest BCUT2D eigenvalue weighted by molar-refractivity contribution is 7.89. The standard InChI is InChI=1S/C11H13F3N2O3S/c1-2-20(18,19)15-7-10(17)16-9-5-3-8(4-6-9)11(12,13)14/h3-6,15H,2,7H2,1H3,(H,16,17). The van der Waals surface area contributed by atoms with E-state index in [-0.39, 0.29) is 11.4 Å². The third-order valence-electron chi connectivity index (χ3n) is 2.33. The zero-order valence-corrected chi connectivity index (χ0v) is 11.3. The van der Waals surface area contributed by atoms with Crippen LogP contribution in [-0.4, -0.2) is 26.6 Å². The number of carbonyl (C=O) groups is 1. The first-order valence-corrected chi connectivity index (χ1v) is 7.24. The Morgan fingerprint density at radius 3 is 2.20 bits per heavy atom. The summed E-state index contributed by atoms with van der Waals surface area (Å²) in [6.07, 6.45) is -4.45. The fourth-order valence-electron chi connectivity index (χ4n) is 1.23. The Labute approximate surface area is 114 Å². The Kier molecular flexibility index (Phi) is 5.12. The lowest BCUT2D eigenvalue weighted by molar-refractivity contribution is -0.137. The van der Waals surface area contributed by atoms with E-state index in [0.717, 1.165) is 24.3 Å². The molecular formula is C11H13F3N2O3S. The molecule has 9 heteroatoms. The Balaban J connectivity index is 2.59. The maximum atomic E-state index is 12.3. The van der Waals surface area contributed by atoms with Gasteiger partial charge in [-0.15, -0.1) is 0 Å². The topological polar surface area (TPSA) is 75.3 Å². The molecule has 2 N–H and O–H groups in total. The summed E-state index contributed by atoms with van der Waals surface area (Å²) in [5.74, 6) is -0.831. The SMILES string of the molecule is CCS(=O)(=O)NCC(=O)Nc1ccc(C(F)(F)F)cc1. The summed E-state index contributed by atoms with van der Waals surface area (Å²) < 4.78 is 61.2. The summed E-state index contributed by atoms with van der Waals surface area (Å²) in [7, 11) is -3.49. The van der Waals surface area contributed by atoms with Gasteiger partial charge >= 0.3 is 6.18 Å². The molecule has 1 amide bonds. The molecule has 0 aromatic heterocycles. The number of sulfonamides is 1. The molecule has 0 saturated heterocycles. The fraction of sp³-hybridized carbons (Fsp3) is 0.364. The second-order valence-corrected chi connectivity index (χ2v) is 5.94. The van der Waals surface area contributed by atoms with Crippen LogP contribution in [0.2, 0.25) is 0 Å². The number of carbonyl (C=O) groups excluding carboxylic acids is 1. The molecule has 0 aliphatic heterocycles. The van der Waals surface area contributed by atoms with Crippen LogP contribution < -0.4 is 10.0 Å². The van der Waals surface area contributed by atoms with E-state index in [0.29, 0.717) is 0 Å². The highest BCUT2D eigenvalue weighted by atomic mass is 32.2. The molecule has 0 radical (unpaired) electrons. The van der Waals surface area contributed by atoms with Crippen molar-refractivity contribution in [3.05, 3.63) is 29.8 Å². The molecule has 1 rings (SSSR count). The number of benzene rings is 1. The van der Waals surface area contributed by atoms with E-state index >= 15 is 0 Å². The van der Waals surface area contributed by atoms with Gasteiger partial charge in [0.2, 0.25) is 15.9 Å². The number of halogens is 3. The second-order valence-electron chi connectivity index (χ2n) is 3.85. The monoisotopic (exact) mass is 310 g/mol. The van der Waals surface area contributed by atoms with Gasteiger partial charge in [-0.3, -0.25) is 4.79 Å². The second kappa shape index (κ2) is 6.23. The lowest BCUT2D eigenvalue weighted by atomic mass is 10.2. The normalized spacial score (nSPS) is 12.2. The zero-order valence-electron chi connectivity index (χ0n) is 10.5. The minimum Gasteiger partial charge on any atom is -0.325 e. The van der Waals surface area contributed by atoms with E-state index in [4.69, 9.17) is 0 Å². The van der Waals surface area contributed by atoms with Crippen molar-refractivity contribution in [2.75, 3.05) is 17.6 Å². The van der Waals surface area contributed by atoms with Crippen LogP contribution in [0.1, 0.15) is 12.5 Å². The molecule has 0 saturated carbocycles. The number of amides is 1. The van der Waals surface area contributed by atoms with Gasteiger partial charge < -0.3 is 5.32 Å². The highest BCUT2D eigenvalue weighted by Gasteiger charge is 2.29. The highest BCUT2D eigenvalue weighted by Crippen LogP contribution is 2.29. The smallest absolute Gasteiger partial charge is 0.325 e. The molecule has 112 valence electrons. The van der Waals surface area contributed by atoms with Gasteiger partial charge in [0, 0.05) is 5.69 Å². The number of hydrogen-bond donors (Lipinski definition) is 2. The van der Waals surface area contributed by atoms with E-state index in [9.17, 15) is 26.4 Å². The summed E-state index contributed by atoms with van der Waals surface area (Å²) in [6.45, 7) is 0.938. The molecule has 0 fully saturated rings. The Morgan fingerprint density at radius 1 is 1.20 bits per heavy atom. The largest absolute Gasteiger partial charge is 0.416 e. The number of rotatable bonds is 5. The lowest BCUT2D eigenvalue weighted by Crippen LogP contribution is -2.33. The molecule has 0 bridgehead atoms. The van der Waals surface area contributed by atoms with Gasteiger partial charge in [0.15, 0.2) is 0 Å². The predicted molar refractivity (Wildman–Crippen MR) is 67.5 cm³/mol. The molecule has 20 heavy (non-hydrogen) atoms. The van der Waals surface area contributed by atoms with Gasteiger partial charge in [0.05, 0.1) is 17.9 Å². The van der Waals surface area contributed by atoms with Crippen LogP contribution in [0.5, 0.6) is 0 Å². The van der Waals surface area contributed by atoms with Crippen molar-refractivity contribution >= 4 is 21.6 Å². The quantitative estimate of drug-likeness (QED) is 0.867. The molecule has 0 spiro atoms. The molecule has 5 nitrogen and oxygen atoms in total. The molecule has 0 aliphatic carbocycles. The van der Waals surface area contributed by atoms with Crippen molar-refractivity contribution < 1.29 is 26.4 Å². The van der Waals surface area contributed by atoms with E-state index in [1.54, 1.807) is 0 Å².